The van der Waals surface area contributed by atoms with Crippen LogP contribution in [0.15, 0.2) is 24.5 Å². The molecule has 3 rings (SSSR count). The Morgan fingerprint density at radius 3 is 2.67 bits per heavy atom. The molecule has 1 N–H and O–H groups in total. The summed E-state index contributed by atoms with van der Waals surface area (Å²) in [6.45, 7) is 1.30. The maximum Gasteiger partial charge on any atom is 0.317 e. The van der Waals surface area contributed by atoms with Gasteiger partial charge in [0, 0.05) is 42.5 Å². The zero-order valence-electron chi connectivity index (χ0n) is 14.4. The molecule has 1 aliphatic heterocycles. The average Bonchev–Trinajstić information content (AvgIpc) is 2.80. The van der Waals surface area contributed by atoms with Crippen LogP contribution in [0.4, 0.5) is 4.79 Å². The number of hydrogen-bond donors (Lipinski definition) is 1. The molecule has 1 aromatic heterocycles. The van der Waals surface area contributed by atoms with Crippen LogP contribution in [0.3, 0.4) is 0 Å². The monoisotopic (exact) mass is 349 g/mol. The van der Waals surface area contributed by atoms with Crippen LogP contribution in [-0.2, 0) is 10.8 Å². The minimum Gasteiger partial charge on any atom is -0.336 e. The van der Waals surface area contributed by atoms with Gasteiger partial charge in [0.05, 0.1) is 10.8 Å². The van der Waals surface area contributed by atoms with Crippen LogP contribution in [0.25, 0.3) is 0 Å². The van der Waals surface area contributed by atoms with Gasteiger partial charge in [-0.05, 0) is 43.4 Å². The van der Waals surface area contributed by atoms with Crippen molar-refractivity contribution >= 4 is 16.8 Å². The quantitative estimate of drug-likeness (QED) is 0.909. The molecule has 0 aromatic carbocycles. The number of amides is 2. The number of pyridine rings is 1. The molecule has 2 fully saturated rings. The highest BCUT2D eigenvalue weighted by atomic mass is 32.2. The van der Waals surface area contributed by atoms with Crippen molar-refractivity contribution in [1.29, 1.82) is 0 Å². The summed E-state index contributed by atoms with van der Waals surface area (Å²) < 4.78 is 11.8. The predicted octanol–water partition coefficient (Wildman–Crippen LogP) is 3.01. The first-order valence-corrected chi connectivity index (χ1v) is 10.5. The summed E-state index contributed by atoms with van der Waals surface area (Å²) in [5.74, 6) is 0. The van der Waals surface area contributed by atoms with Gasteiger partial charge < -0.3 is 10.2 Å². The predicted molar refractivity (Wildman–Crippen MR) is 96.2 cm³/mol. The summed E-state index contributed by atoms with van der Waals surface area (Å²) in [6, 6.07) is 4.10. The Balaban J connectivity index is 1.69. The van der Waals surface area contributed by atoms with Crippen LogP contribution in [0.1, 0.15) is 56.6 Å². The number of carbonyl (C=O) groups is 1. The first kappa shape index (κ1) is 17.4. The molecular formula is C18H27N3O2S. The SMILES string of the molecule is CS(=O)C1(CNC(=O)N2CCCCCC2c2ccncc2)CCC1. The van der Waals surface area contributed by atoms with Crippen molar-refractivity contribution in [3.63, 3.8) is 0 Å². The van der Waals surface area contributed by atoms with E-state index in [1.165, 1.54) is 0 Å². The van der Waals surface area contributed by atoms with E-state index in [4.69, 9.17) is 0 Å². The summed E-state index contributed by atoms with van der Waals surface area (Å²) >= 11 is 0. The summed E-state index contributed by atoms with van der Waals surface area (Å²) in [7, 11) is -0.893. The molecule has 2 atom stereocenters. The van der Waals surface area contributed by atoms with E-state index in [2.05, 4.69) is 10.3 Å². The molecule has 1 saturated carbocycles. The van der Waals surface area contributed by atoms with Gasteiger partial charge in [-0.3, -0.25) is 9.19 Å². The van der Waals surface area contributed by atoms with Gasteiger partial charge in [0.15, 0.2) is 0 Å². The molecule has 0 spiro atoms. The lowest BCUT2D eigenvalue weighted by Gasteiger charge is -2.40. The summed E-state index contributed by atoms with van der Waals surface area (Å²) in [4.78, 5) is 18.9. The van der Waals surface area contributed by atoms with Crippen LogP contribution in [-0.4, -0.2) is 44.2 Å². The van der Waals surface area contributed by atoms with Crippen LogP contribution in [0.2, 0.25) is 0 Å². The zero-order valence-corrected chi connectivity index (χ0v) is 15.2. The van der Waals surface area contributed by atoms with Crippen LogP contribution in [0, 0.1) is 0 Å². The van der Waals surface area contributed by atoms with Gasteiger partial charge >= 0.3 is 6.03 Å². The summed E-state index contributed by atoms with van der Waals surface area (Å²) in [5.41, 5.74) is 1.15. The molecule has 2 unspecified atom stereocenters. The van der Waals surface area contributed by atoms with E-state index in [-0.39, 0.29) is 16.8 Å². The highest BCUT2D eigenvalue weighted by Crippen LogP contribution is 2.36. The number of nitrogens with zero attached hydrogens (tertiary/aromatic N) is 2. The molecule has 2 aliphatic rings. The molecule has 0 radical (unpaired) electrons. The Kier molecular flexibility index (Phi) is 5.54. The van der Waals surface area contributed by atoms with Crippen LogP contribution >= 0.6 is 0 Å². The normalized spacial score (nSPS) is 24.5. The van der Waals surface area contributed by atoms with E-state index in [0.717, 1.165) is 57.1 Å². The summed E-state index contributed by atoms with van der Waals surface area (Å²) in [5, 5.41) is 3.08. The molecule has 2 heterocycles. The van der Waals surface area contributed by atoms with Crippen molar-refractivity contribution in [2.75, 3.05) is 19.3 Å². The van der Waals surface area contributed by atoms with E-state index in [0.29, 0.717) is 6.54 Å². The smallest absolute Gasteiger partial charge is 0.317 e. The Morgan fingerprint density at radius 1 is 1.29 bits per heavy atom. The number of hydrogen-bond acceptors (Lipinski definition) is 3. The Bertz CT molecular complexity index is 589. The van der Waals surface area contributed by atoms with Crippen molar-refractivity contribution < 1.29 is 9.00 Å². The average molecular weight is 350 g/mol. The third kappa shape index (κ3) is 3.63. The number of aromatic nitrogens is 1. The van der Waals surface area contributed by atoms with Gasteiger partial charge in [0.25, 0.3) is 0 Å². The molecule has 5 nitrogen and oxygen atoms in total. The first-order chi connectivity index (χ1) is 11.6. The zero-order chi connectivity index (χ0) is 17.0. The van der Waals surface area contributed by atoms with E-state index in [1.54, 1.807) is 18.6 Å². The molecule has 2 amide bonds. The minimum absolute atomic E-state index is 0.0181. The molecule has 1 aliphatic carbocycles. The van der Waals surface area contributed by atoms with E-state index < -0.39 is 10.8 Å². The highest BCUT2D eigenvalue weighted by Gasteiger charge is 2.41. The van der Waals surface area contributed by atoms with Crippen LogP contribution < -0.4 is 5.32 Å². The molecule has 1 aromatic rings. The Labute approximate surface area is 146 Å². The van der Waals surface area contributed by atoms with E-state index in [9.17, 15) is 9.00 Å². The maximum atomic E-state index is 12.8. The van der Waals surface area contributed by atoms with Gasteiger partial charge in [-0.25, -0.2) is 4.79 Å². The number of likely N-dealkylation sites (tertiary alicyclic amines) is 1. The van der Waals surface area contributed by atoms with Crippen molar-refractivity contribution in [3.8, 4) is 0 Å². The third-order valence-corrected chi connectivity index (χ3v) is 7.31. The maximum absolute atomic E-state index is 12.8. The number of rotatable bonds is 4. The minimum atomic E-state index is -0.893. The van der Waals surface area contributed by atoms with E-state index in [1.807, 2.05) is 17.0 Å². The van der Waals surface area contributed by atoms with E-state index >= 15 is 0 Å². The molecule has 1 saturated heterocycles. The van der Waals surface area contributed by atoms with Crippen LogP contribution in [0.5, 0.6) is 0 Å². The largest absolute Gasteiger partial charge is 0.336 e. The topological polar surface area (TPSA) is 62.3 Å². The first-order valence-electron chi connectivity index (χ1n) is 8.90. The second kappa shape index (κ2) is 7.64. The van der Waals surface area contributed by atoms with Crippen molar-refractivity contribution in [1.82, 2.24) is 15.2 Å². The number of carbonyl (C=O) groups excluding carboxylic acids is 1. The van der Waals surface area contributed by atoms with Gasteiger partial charge in [-0.1, -0.05) is 19.3 Å². The molecule has 132 valence electrons. The fourth-order valence-electron chi connectivity index (χ4n) is 3.76. The lowest BCUT2D eigenvalue weighted by Crippen LogP contribution is -2.53. The standard InChI is InChI=1S/C18H27N3O2S/c1-24(23)18(9-5-10-18)14-20-17(22)21-13-4-2-3-6-16(21)15-7-11-19-12-8-15/h7-8,11-12,16H,2-6,9-10,13-14H2,1H3,(H,20,22). The highest BCUT2D eigenvalue weighted by molar-refractivity contribution is 7.85. The number of nitrogens with one attached hydrogen (secondary N) is 1. The van der Waals surface area contributed by atoms with Crippen molar-refractivity contribution in [2.45, 2.75) is 55.7 Å². The Hall–Kier alpha value is -1.43. The second-order valence-corrected chi connectivity index (χ2v) is 8.76. The van der Waals surface area contributed by atoms with Gasteiger partial charge in [0.2, 0.25) is 0 Å². The summed E-state index contributed by atoms with van der Waals surface area (Å²) in [6.07, 6.45) is 12.7. The van der Waals surface area contributed by atoms with Crippen molar-refractivity contribution in [2.24, 2.45) is 0 Å². The molecule has 24 heavy (non-hydrogen) atoms. The second-order valence-electron chi connectivity index (χ2n) is 6.99. The fourth-order valence-corrected chi connectivity index (χ4v) is 4.90. The lowest BCUT2D eigenvalue weighted by molar-refractivity contribution is 0.172. The molecule has 6 heteroatoms. The molecular weight excluding hydrogens is 322 g/mol. The van der Waals surface area contributed by atoms with Gasteiger partial charge in [-0.2, -0.15) is 0 Å². The number of urea groups is 1. The fraction of sp³-hybridized carbons (Fsp3) is 0.667. The van der Waals surface area contributed by atoms with Crippen molar-refractivity contribution in [3.05, 3.63) is 30.1 Å². The lowest BCUT2D eigenvalue weighted by atomic mass is 9.84. The van der Waals surface area contributed by atoms with Gasteiger partial charge in [0.1, 0.15) is 0 Å². The molecule has 0 bridgehead atoms. The van der Waals surface area contributed by atoms with Gasteiger partial charge in [-0.15, -0.1) is 0 Å². The third-order valence-electron chi connectivity index (χ3n) is 5.54. The Morgan fingerprint density at radius 2 is 2.04 bits per heavy atom.